The molecule has 0 saturated carbocycles. The molecule has 1 rings (SSSR count). The van der Waals surface area contributed by atoms with Gasteiger partial charge in [-0.25, -0.2) is 0 Å². The summed E-state index contributed by atoms with van der Waals surface area (Å²) >= 11 is 0. The lowest BCUT2D eigenvalue weighted by molar-refractivity contribution is -0.0897. The molecule has 1 fully saturated rings. The first-order valence-electron chi connectivity index (χ1n) is 4.43. The van der Waals surface area contributed by atoms with Crippen LogP contribution in [0.5, 0.6) is 0 Å². The van der Waals surface area contributed by atoms with Gasteiger partial charge in [-0.05, 0) is 13.8 Å². The van der Waals surface area contributed by atoms with Gasteiger partial charge < -0.3 is 14.2 Å². The molecule has 1 saturated heterocycles. The van der Waals surface area contributed by atoms with Crippen molar-refractivity contribution < 1.29 is 14.2 Å². The van der Waals surface area contributed by atoms with Crippen molar-refractivity contribution in [1.29, 1.82) is 0 Å². The van der Waals surface area contributed by atoms with E-state index in [0.29, 0.717) is 13.2 Å². The van der Waals surface area contributed by atoms with Gasteiger partial charge in [0, 0.05) is 20.1 Å². The Labute approximate surface area is 74.0 Å². The number of hydrogen-bond donors (Lipinski definition) is 0. The van der Waals surface area contributed by atoms with Crippen molar-refractivity contribution in [3.63, 3.8) is 0 Å². The van der Waals surface area contributed by atoms with Crippen molar-refractivity contribution in [2.75, 3.05) is 26.9 Å². The second-order valence-electron chi connectivity index (χ2n) is 3.55. The van der Waals surface area contributed by atoms with Crippen LogP contribution >= 0.6 is 0 Å². The van der Waals surface area contributed by atoms with Crippen molar-refractivity contribution in [3.05, 3.63) is 0 Å². The standard InChI is InChI=1S/C9H18O3/c1-8(2)12-7-9(10-3)4-5-11-6-9/h8H,4-7H2,1-3H3. The summed E-state index contributed by atoms with van der Waals surface area (Å²) in [7, 11) is 1.72. The fourth-order valence-corrected chi connectivity index (χ4v) is 1.24. The van der Waals surface area contributed by atoms with Crippen LogP contribution in [-0.4, -0.2) is 38.6 Å². The predicted molar refractivity (Wildman–Crippen MR) is 46.3 cm³/mol. The van der Waals surface area contributed by atoms with Crippen LogP contribution in [-0.2, 0) is 14.2 Å². The van der Waals surface area contributed by atoms with E-state index in [9.17, 15) is 0 Å². The monoisotopic (exact) mass is 174 g/mol. The average molecular weight is 174 g/mol. The van der Waals surface area contributed by atoms with Crippen molar-refractivity contribution >= 4 is 0 Å². The van der Waals surface area contributed by atoms with Gasteiger partial charge in [-0.3, -0.25) is 0 Å². The minimum absolute atomic E-state index is 0.176. The number of ether oxygens (including phenoxy) is 3. The highest BCUT2D eigenvalue weighted by atomic mass is 16.6. The van der Waals surface area contributed by atoms with E-state index >= 15 is 0 Å². The summed E-state index contributed by atoms with van der Waals surface area (Å²) in [4.78, 5) is 0. The van der Waals surface area contributed by atoms with E-state index in [-0.39, 0.29) is 11.7 Å². The van der Waals surface area contributed by atoms with Gasteiger partial charge in [0.25, 0.3) is 0 Å². The predicted octanol–water partition coefficient (Wildman–Crippen LogP) is 1.22. The molecule has 1 unspecified atom stereocenters. The molecule has 12 heavy (non-hydrogen) atoms. The Balaban J connectivity index is 2.34. The molecular weight excluding hydrogens is 156 g/mol. The van der Waals surface area contributed by atoms with E-state index < -0.39 is 0 Å². The first-order chi connectivity index (χ1) is 5.68. The zero-order valence-corrected chi connectivity index (χ0v) is 8.13. The quantitative estimate of drug-likeness (QED) is 0.641. The van der Waals surface area contributed by atoms with Crippen LogP contribution in [0.4, 0.5) is 0 Å². The van der Waals surface area contributed by atoms with E-state index in [1.807, 2.05) is 13.8 Å². The second-order valence-corrected chi connectivity index (χ2v) is 3.55. The molecule has 1 atom stereocenters. The maximum atomic E-state index is 5.52. The van der Waals surface area contributed by atoms with Gasteiger partial charge in [0.05, 0.1) is 19.3 Å². The number of hydrogen-bond acceptors (Lipinski definition) is 3. The van der Waals surface area contributed by atoms with Gasteiger partial charge in [-0.2, -0.15) is 0 Å². The summed E-state index contributed by atoms with van der Waals surface area (Å²) in [5.74, 6) is 0. The molecular formula is C9H18O3. The van der Waals surface area contributed by atoms with Gasteiger partial charge in [0.2, 0.25) is 0 Å². The zero-order chi connectivity index (χ0) is 9.03. The van der Waals surface area contributed by atoms with Gasteiger partial charge in [0.1, 0.15) is 5.60 Å². The Morgan fingerprint density at radius 1 is 1.50 bits per heavy atom. The minimum atomic E-state index is -0.176. The molecule has 1 heterocycles. The lowest BCUT2D eigenvalue weighted by atomic mass is 10.1. The van der Waals surface area contributed by atoms with E-state index in [0.717, 1.165) is 13.0 Å². The summed E-state index contributed by atoms with van der Waals surface area (Å²) in [6, 6.07) is 0. The molecule has 0 amide bonds. The van der Waals surface area contributed by atoms with Gasteiger partial charge >= 0.3 is 0 Å². The number of methoxy groups -OCH3 is 1. The molecule has 0 aliphatic carbocycles. The third-order valence-electron chi connectivity index (χ3n) is 2.18. The molecule has 0 aromatic carbocycles. The van der Waals surface area contributed by atoms with Crippen LogP contribution in [0.15, 0.2) is 0 Å². The Kier molecular flexibility index (Phi) is 3.50. The van der Waals surface area contributed by atoms with Gasteiger partial charge in [0.15, 0.2) is 0 Å². The largest absolute Gasteiger partial charge is 0.378 e. The Bertz CT molecular complexity index is 128. The molecule has 1 aliphatic heterocycles. The normalized spacial score (nSPS) is 30.0. The summed E-state index contributed by atoms with van der Waals surface area (Å²) in [5.41, 5.74) is -0.176. The zero-order valence-electron chi connectivity index (χ0n) is 8.13. The van der Waals surface area contributed by atoms with E-state index in [1.54, 1.807) is 7.11 Å². The molecule has 0 aromatic rings. The van der Waals surface area contributed by atoms with Crippen molar-refractivity contribution in [1.82, 2.24) is 0 Å². The first-order valence-corrected chi connectivity index (χ1v) is 4.43. The second kappa shape index (κ2) is 4.21. The fraction of sp³-hybridized carbons (Fsp3) is 1.00. The highest BCUT2D eigenvalue weighted by Gasteiger charge is 2.35. The molecule has 0 spiro atoms. The Morgan fingerprint density at radius 3 is 2.67 bits per heavy atom. The van der Waals surface area contributed by atoms with Crippen molar-refractivity contribution in [2.45, 2.75) is 32.0 Å². The summed E-state index contributed by atoms with van der Waals surface area (Å²) in [6.45, 7) is 6.14. The van der Waals surface area contributed by atoms with Crippen molar-refractivity contribution in [2.24, 2.45) is 0 Å². The summed E-state index contributed by atoms with van der Waals surface area (Å²) in [6.07, 6.45) is 1.20. The van der Waals surface area contributed by atoms with Crippen LogP contribution in [0.2, 0.25) is 0 Å². The van der Waals surface area contributed by atoms with Crippen molar-refractivity contribution in [3.8, 4) is 0 Å². The fourth-order valence-electron chi connectivity index (χ4n) is 1.24. The van der Waals surface area contributed by atoms with E-state index in [2.05, 4.69) is 0 Å². The van der Waals surface area contributed by atoms with Gasteiger partial charge in [-0.15, -0.1) is 0 Å². The van der Waals surface area contributed by atoms with Crippen LogP contribution < -0.4 is 0 Å². The van der Waals surface area contributed by atoms with Gasteiger partial charge in [-0.1, -0.05) is 0 Å². The lowest BCUT2D eigenvalue weighted by Gasteiger charge is -2.26. The smallest absolute Gasteiger partial charge is 0.116 e. The SMILES string of the molecule is COC1(COC(C)C)CCOC1. The topological polar surface area (TPSA) is 27.7 Å². The van der Waals surface area contributed by atoms with E-state index in [4.69, 9.17) is 14.2 Å². The molecule has 0 aromatic heterocycles. The molecule has 0 bridgehead atoms. The molecule has 3 heteroatoms. The number of rotatable bonds is 4. The third-order valence-corrected chi connectivity index (χ3v) is 2.18. The lowest BCUT2D eigenvalue weighted by Crippen LogP contribution is -2.38. The first kappa shape index (κ1) is 9.96. The van der Waals surface area contributed by atoms with E-state index in [1.165, 1.54) is 0 Å². The van der Waals surface area contributed by atoms with Crippen LogP contribution in [0.25, 0.3) is 0 Å². The third kappa shape index (κ3) is 2.44. The molecule has 72 valence electrons. The van der Waals surface area contributed by atoms with Crippen LogP contribution in [0.3, 0.4) is 0 Å². The molecule has 1 aliphatic rings. The summed E-state index contributed by atoms with van der Waals surface area (Å²) in [5, 5.41) is 0. The molecule has 0 radical (unpaired) electrons. The molecule has 3 nitrogen and oxygen atoms in total. The molecule has 0 N–H and O–H groups in total. The van der Waals surface area contributed by atoms with Crippen LogP contribution in [0.1, 0.15) is 20.3 Å². The maximum absolute atomic E-state index is 5.52. The average Bonchev–Trinajstić information content (AvgIpc) is 2.50. The Morgan fingerprint density at radius 2 is 2.25 bits per heavy atom. The van der Waals surface area contributed by atoms with Crippen LogP contribution in [0, 0.1) is 0 Å². The Hall–Kier alpha value is -0.120. The highest BCUT2D eigenvalue weighted by Crippen LogP contribution is 2.23. The summed E-state index contributed by atoms with van der Waals surface area (Å²) < 4.78 is 16.2. The maximum Gasteiger partial charge on any atom is 0.116 e. The highest BCUT2D eigenvalue weighted by molar-refractivity contribution is 4.84. The minimum Gasteiger partial charge on any atom is -0.378 e.